The van der Waals surface area contributed by atoms with Gasteiger partial charge in [-0.05, 0) is 62.4 Å². The van der Waals surface area contributed by atoms with Crippen LogP contribution in [-0.4, -0.2) is 55.0 Å². The zero-order valence-corrected chi connectivity index (χ0v) is 13.9. The number of hydrogen-bond donors (Lipinski definition) is 0. The van der Waals surface area contributed by atoms with Gasteiger partial charge in [-0.2, -0.15) is 0 Å². The van der Waals surface area contributed by atoms with E-state index in [1.54, 1.807) is 7.11 Å². The normalized spacial score (nSPS) is 30.7. The van der Waals surface area contributed by atoms with Gasteiger partial charge in [-0.15, -0.1) is 0 Å². The second-order valence-corrected chi connectivity index (χ2v) is 7.20. The first-order valence-corrected chi connectivity index (χ1v) is 8.93. The van der Waals surface area contributed by atoms with Gasteiger partial charge in [0.25, 0.3) is 0 Å². The summed E-state index contributed by atoms with van der Waals surface area (Å²) in [6, 6.07) is 8.79. The van der Waals surface area contributed by atoms with Gasteiger partial charge in [-0.3, -0.25) is 9.69 Å². The third-order valence-electron chi connectivity index (χ3n) is 5.76. The number of amides is 1. The Morgan fingerprint density at radius 1 is 1.22 bits per heavy atom. The van der Waals surface area contributed by atoms with Crippen molar-refractivity contribution in [2.24, 2.45) is 5.92 Å². The third-order valence-corrected chi connectivity index (χ3v) is 5.76. The van der Waals surface area contributed by atoms with Crippen molar-refractivity contribution in [2.45, 2.75) is 37.6 Å². The minimum absolute atomic E-state index is 0.194. The molecule has 0 N–H and O–H groups in total. The van der Waals surface area contributed by atoms with E-state index < -0.39 is 0 Å². The number of carbonyl (C=O) groups is 1. The molecule has 0 radical (unpaired) electrons. The molecule has 1 aliphatic carbocycles. The Labute approximate surface area is 138 Å². The van der Waals surface area contributed by atoms with Crippen LogP contribution in [0.3, 0.4) is 0 Å². The van der Waals surface area contributed by atoms with Crippen LogP contribution < -0.4 is 4.74 Å². The van der Waals surface area contributed by atoms with Gasteiger partial charge in [0, 0.05) is 25.0 Å². The van der Waals surface area contributed by atoms with Crippen molar-refractivity contribution in [1.29, 1.82) is 0 Å². The molecule has 4 nitrogen and oxygen atoms in total. The molecule has 0 bridgehead atoms. The fourth-order valence-corrected chi connectivity index (χ4v) is 4.29. The monoisotopic (exact) mass is 314 g/mol. The largest absolute Gasteiger partial charge is 0.497 e. The first kappa shape index (κ1) is 15.0. The van der Waals surface area contributed by atoms with E-state index in [2.05, 4.69) is 21.9 Å². The number of carbonyl (C=O) groups excluding carboxylic acids is 1. The quantitative estimate of drug-likeness (QED) is 0.856. The maximum atomic E-state index is 12.8. The molecule has 2 saturated heterocycles. The van der Waals surface area contributed by atoms with Crippen molar-refractivity contribution in [3.05, 3.63) is 29.8 Å². The van der Waals surface area contributed by atoms with Crippen molar-refractivity contribution in [1.82, 2.24) is 9.80 Å². The molecule has 0 unspecified atom stereocenters. The molecule has 1 amide bonds. The van der Waals surface area contributed by atoms with Gasteiger partial charge >= 0.3 is 0 Å². The van der Waals surface area contributed by atoms with Crippen LogP contribution >= 0.6 is 0 Å². The molecule has 4 rings (SSSR count). The molecule has 1 aromatic carbocycles. The number of ether oxygens (including phenoxy) is 1. The Morgan fingerprint density at radius 2 is 2.04 bits per heavy atom. The van der Waals surface area contributed by atoms with E-state index in [9.17, 15) is 4.79 Å². The van der Waals surface area contributed by atoms with E-state index >= 15 is 0 Å². The highest BCUT2D eigenvalue weighted by molar-refractivity contribution is 5.83. The van der Waals surface area contributed by atoms with Crippen molar-refractivity contribution >= 4 is 5.91 Å². The second kappa shape index (κ2) is 6.16. The van der Waals surface area contributed by atoms with E-state index in [0.29, 0.717) is 17.9 Å². The number of nitrogens with zero attached hydrogens (tertiary/aromatic N) is 2. The molecule has 4 heteroatoms. The predicted molar refractivity (Wildman–Crippen MR) is 89.6 cm³/mol. The molecule has 124 valence electrons. The molecule has 0 aromatic heterocycles. The molecule has 3 atom stereocenters. The highest BCUT2D eigenvalue weighted by atomic mass is 16.5. The first-order chi connectivity index (χ1) is 11.3. The molecular formula is C19H26N2O2. The van der Waals surface area contributed by atoms with Crippen molar-refractivity contribution in [2.75, 3.05) is 33.3 Å². The molecule has 2 heterocycles. The summed E-state index contributed by atoms with van der Waals surface area (Å²) in [4.78, 5) is 17.5. The summed E-state index contributed by atoms with van der Waals surface area (Å²) < 4.78 is 5.30. The van der Waals surface area contributed by atoms with Gasteiger partial charge in [-0.25, -0.2) is 0 Å². The van der Waals surface area contributed by atoms with Gasteiger partial charge in [0.2, 0.25) is 5.91 Å². The lowest BCUT2D eigenvalue weighted by Crippen LogP contribution is -2.37. The molecule has 23 heavy (non-hydrogen) atoms. The van der Waals surface area contributed by atoms with Gasteiger partial charge < -0.3 is 9.64 Å². The summed E-state index contributed by atoms with van der Waals surface area (Å²) in [5, 5.41) is 0. The molecule has 3 aliphatic rings. The topological polar surface area (TPSA) is 32.8 Å². The highest BCUT2D eigenvalue weighted by Crippen LogP contribution is 2.49. The smallest absolute Gasteiger partial charge is 0.226 e. The Balaban J connectivity index is 1.35. The Morgan fingerprint density at radius 3 is 2.83 bits per heavy atom. The Bertz CT molecular complexity index is 582. The second-order valence-electron chi connectivity index (χ2n) is 7.20. The summed E-state index contributed by atoms with van der Waals surface area (Å²) in [5.41, 5.74) is 1.25. The SMILES string of the molecule is COc1cccc([C@@H]2C[C@H]2C(=O)N2CC[C@H](N3CCCC3)C2)c1. The maximum Gasteiger partial charge on any atom is 0.226 e. The lowest BCUT2D eigenvalue weighted by atomic mass is 10.1. The van der Waals surface area contributed by atoms with Crippen LogP contribution in [0.1, 0.15) is 37.2 Å². The number of methoxy groups -OCH3 is 1. The number of rotatable bonds is 4. The van der Waals surface area contributed by atoms with Crippen LogP contribution in [0.4, 0.5) is 0 Å². The van der Waals surface area contributed by atoms with Gasteiger partial charge in [0.05, 0.1) is 7.11 Å². The Hall–Kier alpha value is -1.55. The first-order valence-electron chi connectivity index (χ1n) is 8.93. The average molecular weight is 314 g/mol. The third kappa shape index (κ3) is 2.97. The fraction of sp³-hybridized carbons (Fsp3) is 0.632. The molecular weight excluding hydrogens is 288 g/mol. The van der Waals surface area contributed by atoms with Crippen molar-refractivity contribution in [3.8, 4) is 5.75 Å². The minimum Gasteiger partial charge on any atom is -0.497 e. The van der Waals surface area contributed by atoms with Crippen LogP contribution in [0.5, 0.6) is 5.75 Å². The van der Waals surface area contributed by atoms with E-state index in [1.807, 2.05) is 12.1 Å². The average Bonchev–Trinajstić information content (AvgIpc) is 3.00. The van der Waals surface area contributed by atoms with Crippen LogP contribution in [0, 0.1) is 5.92 Å². The fourth-order valence-electron chi connectivity index (χ4n) is 4.29. The van der Waals surface area contributed by atoms with Gasteiger partial charge in [0.1, 0.15) is 5.75 Å². The summed E-state index contributed by atoms with van der Waals surface area (Å²) in [6.45, 7) is 4.34. The summed E-state index contributed by atoms with van der Waals surface area (Å²) >= 11 is 0. The summed E-state index contributed by atoms with van der Waals surface area (Å²) in [5.74, 6) is 1.85. The van der Waals surface area contributed by atoms with Crippen LogP contribution in [0.25, 0.3) is 0 Å². The summed E-state index contributed by atoms with van der Waals surface area (Å²) in [7, 11) is 1.69. The molecule has 3 fully saturated rings. The van der Waals surface area contributed by atoms with Crippen molar-refractivity contribution < 1.29 is 9.53 Å². The lowest BCUT2D eigenvalue weighted by molar-refractivity contribution is -0.131. The highest BCUT2D eigenvalue weighted by Gasteiger charge is 2.47. The van der Waals surface area contributed by atoms with E-state index in [4.69, 9.17) is 4.74 Å². The van der Waals surface area contributed by atoms with E-state index in [1.165, 1.54) is 31.5 Å². The van der Waals surface area contributed by atoms with Crippen LogP contribution in [0.15, 0.2) is 24.3 Å². The zero-order chi connectivity index (χ0) is 15.8. The number of hydrogen-bond acceptors (Lipinski definition) is 3. The molecule has 2 aliphatic heterocycles. The number of likely N-dealkylation sites (tertiary alicyclic amines) is 2. The summed E-state index contributed by atoms with van der Waals surface area (Å²) in [6.07, 6.45) is 4.80. The van der Waals surface area contributed by atoms with Crippen LogP contribution in [0.2, 0.25) is 0 Å². The molecule has 1 saturated carbocycles. The lowest BCUT2D eigenvalue weighted by Gasteiger charge is -2.23. The van der Waals surface area contributed by atoms with E-state index in [-0.39, 0.29) is 5.92 Å². The maximum absolute atomic E-state index is 12.8. The Kier molecular flexibility index (Phi) is 4.02. The van der Waals surface area contributed by atoms with Gasteiger partial charge in [-0.1, -0.05) is 12.1 Å². The van der Waals surface area contributed by atoms with E-state index in [0.717, 1.165) is 31.7 Å². The van der Waals surface area contributed by atoms with Crippen molar-refractivity contribution in [3.63, 3.8) is 0 Å². The standard InChI is InChI=1S/C19H26N2O2/c1-23-16-6-4-5-14(11-16)17-12-18(17)19(22)21-10-7-15(13-21)20-8-2-3-9-20/h4-6,11,15,17-18H,2-3,7-10,12-13H2,1H3/t15-,17-,18+/m0/s1. The zero-order valence-electron chi connectivity index (χ0n) is 13.9. The molecule has 0 spiro atoms. The number of benzene rings is 1. The van der Waals surface area contributed by atoms with Gasteiger partial charge in [0.15, 0.2) is 0 Å². The van der Waals surface area contributed by atoms with Crippen LogP contribution in [-0.2, 0) is 4.79 Å². The molecule has 1 aromatic rings. The predicted octanol–water partition coefficient (Wildman–Crippen LogP) is 2.50. The minimum atomic E-state index is 0.194.